The van der Waals surface area contributed by atoms with Crippen LogP contribution in [-0.2, 0) is 5.41 Å². The third-order valence-electron chi connectivity index (χ3n) is 14.5. The molecule has 0 fully saturated rings. The van der Waals surface area contributed by atoms with E-state index in [0.29, 0.717) is 0 Å². The van der Waals surface area contributed by atoms with Gasteiger partial charge in [0.25, 0.3) is 0 Å². The van der Waals surface area contributed by atoms with Crippen LogP contribution in [0.5, 0.6) is 0 Å². The number of rotatable bonds is 4. The van der Waals surface area contributed by atoms with Crippen molar-refractivity contribution < 1.29 is 0 Å². The molecule has 63 heavy (non-hydrogen) atoms. The van der Waals surface area contributed by atoms with E-state index in [1.165, 1.54) is 116 Å². The predicted molar refractivity (Wildman–Crippen MR) is 261 cm³/mol. The van der Waals surface area contributed by atoms with Crippen molar-refractivity contribution in [2.75, 3.05) is 0 Å². The number of para-hydroxylation sites is 1. The highest BCUT2D eigenvalue weighted by Gasteiger charge is 2.52. The van der Waals surface area contributed by atoms with Crippen molar-refractivity contribution in [2.45, 2.75) is 11.3 Å². The van der Waals surface area contributed by atoms with E-state index < -0.39 is 0 Å². The van der Waals surface area contributed by atoms with Gasteiger partial charge in [-0.1, -0.05) is 188 Å². The van der Waals surface area contributed by atoms with Crippen LogP contribution < -0.4 is 0 Å². The molecule has 10 aromatic carbocycles. The monoisotopic (exact) mass is 797 g/mol. The highest BCUT2D eigenvalue weighted by molar-refractivity contribution is 6.11. The molecule has 1 nitrogen and oxygen atoms in total. The highest BCUT2D eigenvalue weighted by Crippen LogP contribution is 2.64. The topological polar surface area (TPSA) is 4.93 Å². The molecular weight excluding hydrogens is 759 g/mol. The summed E-state index contributed by atoms with van der Waals surface area (Å²) in [7, 11) is 0. The van der Waals surface area contributed by atoms with Crippen molar-refractivity contribution in [3.05, 3.63) is 269 Å². The molecule has 14 rings (SSSR count). The molecule has 0 bridgehead atoms. The van der Waals surface area contributed by atoms with E-state index in [1.807, 2.05) is 0 Å². The SMILES string of the molecule is c1ccc(-c2cccc(-n3c4ccccc4c4cc(-c5ccc6c(c5)-c5cc7c(cc5C6c5ccccc5)C5(c6ccccc6-c6ccccc65)c5ccccc5-7)ccc43)c2)cc1. The van der Waals surface area contributed by atoms with E-state index >= 15 is 0 Å². The van der Waals surface area contributed by atoms with Crippen LogP contribution in [0.25, 0.3) is 83.1 Å². The lowest BCUT2D eigenvalue weighted by molar-refractivity contribution is 0.791. The minimum atomic E-state index is -0.382. The quantitative estimate of drug-likeness (QED) is 0.167. The summed E-state index contributed by atoms with van der Waals surface area (Å²) in [4.78, 5) is 0. The average Bonchev–Trinajstić information content (AvgIpc) is 4.05. The van der Waals surface area contributed by atoms with Gasteiger partial charge in [-0.15, -0.1) is 0 Å². The maximum atomic E-state index is 2.61. The summed E-state index contributed by atoms with van der Waals surface area (Å²) in [6.45, 7) is 0. The highest BCUT2D eigenvalue weighted by atomic mass is 15.0. The van der Waals surface area contributed by atoms with Crippen molar-refractivity contribution in [3.8, 4) is 61.3 Å². The molecule has 1 atom stereocenters. The molecule has 1 heterocycles. The normalized spacial score (nSPS) is 14.6. The van der Waals surface area contributed by atoms with Gasteiger partial charge in [0.15, 0.2) is 0 Å². The first kappa shape index (κ1) is 34.7. The summed E-state index contributed by atoms with van der Waals surface area (Å²) in [6.07, 6.45) is 0. The fourth-order valence-electron chi connectivity index (χ4n) is 11.9. The molecule has 1 aromatic heterocycles. The molecular formula is C62H39N. The van der Waals surface area contributed by atoms with Crippen molar-refractivity contribution in [1.82, 2.24) is 4.57 Å². The van der Waals surface area contributed by atoms with Crippen molar-refractivity contribution >= 4 is 21.8 Å². The van der Waals surface area contributed by atoms with Gasteiger partial charge < -0.3 is 4.57 Å². The summed E-state index contributed by atoms with van der Waals surface area (Å²) in [5.74, 6) is 0.121. The summed E-state index contributed by atoms with van der Waals surface area (Å²) < 4.78 is 2.43. The Labute approximate surface area is 366 Å². The van der Waals surface area contributed by atoms with Crippen molar-refractivity contribution in [2.24, 2.45) is 0 Å². The van der Waals surface area contributed by atoms with E-state index in [9.17, 15) is 0 Å². The van der Waals surface area contributed by atoms with E-state index in [2.05, 4.69) is 235 Å². The Bertz CT molecular complexity index is 3640. The van der Waals surface area contributed by atoms with Gasteiger partial charge in [0.1, 0.15) is 0 Å². The number of fused-ring (bicyclic) bond motifs is 16. The fraction of sp³-hybridized carbons (Fsp3) is 0.0323. The number of hydrogen-bond donors (Lipinski definition) is 0. The van der Waals surface area contributed by atoms with Crippen LogP contribution in [0.2, 0.25) is 0 Å². The molecule has 0 aliphatic heterocycles. The van der Waals surface area contributed by atoms with Crippen LogP contribution in [0, 0.1) is 0 Å². The minimum absolute atomic E-state index is 0.121. The molecule has 1 spiro atoms. The molecule has 292 valence electrons. The van der Waals surface area contributed by atoms with E-state index in [4.69, 9.17) is 0 Å². The number of hydrogen-bond acceptors (Lipinski definition) is 0. The molecule has 0 N–H and O–H groups in total. The van der Waals surface area contributed by atoms with Gasteiger partial charge in [0.05, 0.1) is 16.4 Å². The van der Waals surface area contributed by atoms with Crippen molar-refractivity contribution in [3.63, 3.8) is 0 Å². The zero-order valence-electron chi connectivity index (χ0n) is 34.5. The molecule has 3 aliphatic rings. The molecule has 3 aliphatic carbocycles. The fourth-order valence-corrected chi connectivity index (χ4v) is 11.9. The largest absolute Gasteiger partial charge is 0.309 e. The molecule has 1 heteroatoms. The lowest BCUT2D eigenvalue weighted by Gasteiger charge is -2.31. The van der Waals surface area contributed by atoms with Crippen LogP contribution in [-0.4, -0.2) is 4.57 Å². The first-order valence-corrected chi connectivity index (χ1v) is 22.1. The first-order chi connectivity index (χ1) is 31.3. The van der Waals surface area contributed by atoms with Crippen LogP contribution in [0.1, 0.15) is 44.9 Å². The van der Waals surface area contributed by atoms with E-state index in [1.54, 1.807) is 0 Å². The zero-order valence-corrected chi connectivity index (χ0v) is 34.5. The standard InChI is InChI=1S/C62H39N/c1-3-16-39(17-4-1)41-20-15-21-44(34-41)63-59-29-14-10-25-48(59)53-36-43(31-33-60(53)63)42-30-32-49-50(35-42)51-37-52-47-24-9-13-28-57(47)62(58(52)38-54(51)61(49)40-18-5-2-6-19-40)55-26-11-7-22-45(55)46-23-8-12-27-56(46)62/h1-38,61H. The van der Waals surface area contributed by atoms with Crippen LogP contribution >= 0.6 is 0 Å². The Kier molecular flexibility index (Phi) is 7.16. The lowest BCUT2D eigenvalue weighted by Crippen LogP contribution is -2.26. The van der Waals surface area contributed by atoms with Gasteiger partial charge in [0, 0.05) is 22.4 Å². The molecule has 1 unspecified atom stereocenters. The second-order valence-corrected chi connectivity index (χ2v) is 17.5. The third kappa shape index (κ3) is 4.71. The minimum Gasteiger partial charge on any atom is -0.309 e. The summed E-state index contributed by atoms with van der Waals surface area (Å²) in [5.41, 5.74) is 25.7. The number of nitrogens with zero attached hydrogens (tertiary/aromatic N) is 1. The Hall–Kier alpha value is -8.00. The number of aromatic nitrogens is 1. The third-order valence-corrected chi connectivity index (χ3v) is 14.5. The van der Waals surface area contributed by atoms with Gasteiger partial charge in [-0.25, -0.2) is 0 Å². The van der Waals surface area contributed by atoms with Gasteiger partial charge in [-0.3, -0.25) is 0 Å². The van der Waals surface area contributed by atoms with Gasteiger partial charge in [0.2, 0.25) is 0 Å². The molecule has 0 amide bonds. The second-order valence-electron chi connectivity index (χ2n) is 17.5. The summed E-state index contributed by atoms with van der Waals surface area (Å²) in [5, 5.41) is 2.52. The zero-order chi connectivity index (χ0) is 41.2. The Balaban J connectivity index is 0.965. The van der Waals surface area contributed by atoms with Gasteiger partial charge >= 0.3 is 0 Å². The van der Waals surface area contributed by atoms with Gasteiger partial charge in [-0.05, 0) is 137 Å². The van der Waals surface area contributed by atoms with Crippen LogP contribution in [0.15, 0.2) is 231 Å². The molecule has 0 saturated carbocycles. The molecule has 0 saturated heterocycles. The maximum Gasteiger partial charge on any atom is 0.0725 e. The van der Waals surface area contributed by atoms with Gasteiger partial charge in [-0.2, -0.15) is 0 Å². The molecule has 0 radical (unpaired) electrons. The first-order valence-electron chi connectivity index (χ1n) is 22.1. The van der Waals surface area contributed by atoms with Crippen molar-refractivity contribution in [1.29, 1.82) is 0 Å². The summed E-state index contributed by atoms with van der Waals surface area (Å²) >= 11 is 0. The molecule has 11 aromatic rings. The maximum absolute atomic E-state index is 2.61. The average molecular weight is 798 g/mol. The van der Waals surface area contributed by atoms with E-state index in [-0.39, 0.29) is 11.3 Å². The predicted octanol–water partition coefficient (Wildman–Crippen LogP) is 15.6. The summed E-state index contributed by atoms with van der Waals surface area (Å²) in [6, 6.07) is 86.5. The Morgan fingerprint density at radius 1 is 0.302 bits per heavy atom. The lowest BCUT2D eigenvalue weighted by atomic mass is 9.70. The Morgan fingerprint density at radius 2 is 0.857 bits per heavy atom. The Morgan fingerprint density at radius 3 is 1.60 bits per heavy atom. The number of benzene rings is 10. The second kappa shape index (κ2) is 13.0. The van der Waals surface area contributed by atoms with Crippen LogP contribution in [0.3, 0.4) is 0 Å². The van der Waals surface area contributed by atoms with Crippen LogP contribution in [0.4, 0.5) is 0 Å². The smallest absolute Gasteiger partial charge is 0.0725 e. The van der Waals surface area contributed by atoms with E-state index in [0.717, 1.165) is 5.69 Å².